The minimum Gasteiger partial charge on any atom is -0.508 e. The predicted octanol–water partition coefficient (Wildman–Crippen LogP) is 1.09. The lowest BCUT2D eigenvalue weighted by atomic mass is 10.00. The Labute approximate surface area is 147 Å². The number of alkyl halides is 1. The third kappa shape index (κ3) is 2.59. The Morgan fingerprint density at radius 1 is 1.38 bits per heavy atom. The summed E-state index contributed by atoms with van der Waals surface area (Å²) in [7, 11) is 0. The Bertz CT molecular complexity index is 712. The largest absolute Gasteiger partial charge is 0.508 e. The number of carbonyl (C=O) groups is 3. The first-order chi connectivity index (χ1) is 11.2. The van der Waals surface area contributed by atoms with Gasteiger partial charge in [0.05, 0.1) is 6.54 Å². The van der Waals surface area contributed by atoms with Crippen LogP contribution in [0.4, 0.5) is 5.69 Å². The summed E-state index contributed by atoms with van der Waals surface area (Å²) in [6.45, 7) is 1.28. The number of carboxylic acids is 1. The van der Waals surface area contributed by atoms with Crippen molar-refractivity contribution in [2.24, 2.45) is 0 Å². The van der Waals surface area contributed by atoms with Crippen molar-refractivity contribution in [3.05, 3.63) is 24.3 Å². The summed E-state index contributed by atoms with van der Waals surface area (Å²) in [5.74, 6) is -1.59. The average Bonchev–Trinajstić information content (AvgIpc) is 2.53. The van der Waals surface area contributed by atoms with E-state index < -0.39 is 16.9 Å². The van der Waals surface area contributed by atoms with Gasteiger partial charge >= 0.3 is 5.97 Å². The molecule has 9 heteroatoms. The summed E-state index contributed by atoms with van der Waals surface area (Å²) in [6.07, 6.45) is 0. The van der Waals surface area contributed by atoms with E-state index in [9.17, 15) is 24.6 Å². The van der Waals surface area contributed by atoms with Crippen LogP contribution in [0, 0.1) is 0 Å². The second-order valence-electron chi connectivity index (χ2n) is 5.79. The third-order valence-electron chi connectivity index (χ3n) is 4.15. The van der Waals surface area contributed by atoms with E-state index in [2.05, 4.69) is 0 Å². The van der Waals surface area contributed by atoms with Crippen LogP contribution < -0.4 is 4.90 Å². The molecule has 2 aliphatic heterocycles. The van der Waals surface area contributed by atoms with Crippen molar-refractivity contribution < 1.29 is 24.6 Å². The van der Waals surface area contributed by atoms with Crippen LogP contribution in [0.2, 0.25) is 0 Å². The lowest BCUT2D eigenvalue weighted by Gasteiger charge is -2.55. The Hall–Kier alpha value is -1.93. The van der Waals surface area contributed by atoms with Gasteiger partial charge in [-0.15, -0.1) is 23.4 Å². The number of hydrogen-bond donors (Lipinski definition) is 2. The number of phenolic OH excluding ortho intramolecular Hbond substituents is 1. The molecule has 0 aromatic heterocycles. The Balaban J connectivity index is 1.85. The second-order valence-corrected chi connectivity index (χ2v) is 7.62. The maximum atomic E-state index is 12.5. The standard InChI is InChI=1S/C15H15ClN2O5S/c1-8(19)18(9-2-4-10(20)5-3-9)11-12(21)17-6-15(16,14(22)23)7-24-13(11)17/h2-5,11,13,20H,6-7H2,1H3,(H,22,23)/t11?,13-,15?/m1/s1. The van der Waals surface area contributed by atoms with Crippen LogP contribution in [-0.2, 0) is 14.4 Å². The molecule has 3 atom stereocenters. The fraction of sp³-hybridized carbons (Fsp3) is 0.400. The van der Waals surface area contributed by atoms with E-state index in [4.69, 9.17) is 11.6 Å². The molecule has 2 aliphatic rings. The molecule has 2 unspecified atom stereocenters. The van der Waals surface area contributed by atoms with E-state index in [1.807, 2.05) is 0 Å². The highest BCUT2D eigenvalue weighted by atomic mass is 35.5. The predicted molar refractivity (Wildman–Crippen MR) is 89.2 cm³/mol. The van der Waals surface area contributed by atoms with E-state index in [-0.39, 0.29) is 35.2 Å². The summed E-state index contributed by atoms with van der Waals surface area (Å²) in [6, 6.07) is 5.29. The fourth-order valence-electron chi connectivity index (χ4n) is 2.91. The molecule has 128 valence electrons. The number of hydrogen-bond acceptors (Lipinski definition) is 5. The van der Waals surface area contributed by atoms with E-state index in [1.54, 1.807) is 12.1 Å². The monoisotopic (exact) mass is 370 g/mol. The number of amides is 2. The Kier molecular flexibility index (Phi) is 4.13. The highest BCUT2D eigenvalue weighted by Gasteiger charge is 2.59. The van der Waals surface area contributed by atoms with Gasteiger partial charge in [-0.25, -0.2) is 0 Å². The van der Waals surface area contributed by atoms with Gasteiger partial charge < -0.3 is 15.1 Å². The quantitative estimate of drug-likeness (QED) is 0.610. The van der Waals surface area contributed by atoms with Gasteiger partial charge in [0.15, 0.2) is 4.87 Å². The van der Waals surface area contributed by atoms with Crippen molar-refractivity contribution in [2.45, 2.75) is 23.2 Å². The van der Waals surface area contributed by atoms with Crippen molar-refractivity contribution in [3.63, 3.8) is 0 Å². The molecule has 0 saturated carbocycles. The Morgan fingerprint density at radius 3 is 2.54 bits per heavy atom. The van der Waals surface area contributed by atoms with E-state index >= 15 is 0 Å². The average molecular weight is 371 g/mol. The minimum absolute atomic E-state index is 0.0595. The number of nitrogens with zero attached hydrogens (tertiary/aromatic N) is 2. The van der Waals surface area contributed by atoms with Crippen LogP contribution in [0.1, 0.15) is 6.92 Å². The number of phenols is 1. The second kappa shape index (κ2) is 5.86. The zero-order chi connectivity index (χ0) is 17.6. The van der Waals surface area contributed by atoms with Crippen molar-refractivity contribution in [1.29, 1.82) is 0 Å². The fourth-order valence-corrected chi connectivity index (χ4v) is 4.65. The van der Waals surface area contributed by atoms with Crippen molar-refractivity contribution in [2.75, 3.05) is 17.2 Å². The summed E-state index contributed by atoms with van der Waals surface area (Å²) in [5, 5.41) is 18.3. The number of aromatic hydroxyl groups is 1. The van der Waals surface area contributed by atoms with E-state index in [0.717, 1.165) is 0 Å². The zero-order valence-corrected chi connectivity index (χ0v) is 14.3. The maximum Gasteiger partial charge on any atom is 0.327 e. The van der Waals surface area contributed by atoms with Crippen LogP contribution in [0.3, 0.4) is 0 Å². The first kappa shape index (κ1) is 16.9. The topological polar surface area (TPSA) is 98.2 Å². The number of β-lactam (4-membered cyclic amide) rings is 1. The first-order valence-corrected chi connectivity index (χ1v) is 8.60. The number of fused-ring (bicyclic) bond motifs is 1. The number of rotatable bonds is 3. The van der Waals surface area contributed by atoms with Gasteiger partial charge in [0, 0.05) is 18.4 Å². The van der Waals surface area contributed by atoms with Gasteiger partial charge in [0.1, 0.15) is 17.2 Å². The summed E-state index contributed by atoms with van der Waals surface area (Å²) in [5.41, 5.74) is 0.500. The van der Waals surface area contributed by atoms with E-state index in [1.165, 1.54) is 40.6 Å². The molecule has 0 radical (unpaired) electrons. The normalized spacial score (nSPS) is 28.8. The molecule has 0 aliphatic carbocycles. The smallest absolute Gasteiger partial charge is 0.327 e. The first-order valence-electron chi connectivity index (χ1n) is 7.18. The molecule has 7 nitrogen and oxygen atoms in total. The highest BCUT2D eigenvalue weighted by molar-refractivity contribution is 8.00. The van der Waals surface area contributed by atoms with Crippen LogP contribution >= 0.6 is 23.4 Å². The molecule has 1 aromatic rings. The van der Waals surface area contributed by atoms with Gasteiger partial charge in [-0.2, -0.15) is 0 Å². The molecular weight excluding hydrogens is 356 g/mol. The number of benzene rings is 1. The number of anilines is 1. The zero-order valence-electron chi connectivity index (χ0n) is 12.7. The summed E-state index contributed by atoms with van der Waals surface area (Å²) in [4.78, 5) is 37.1. The number of halogens is 1. The number of thioether (sulfide) groups is 1. The number of carboxylic acid groups (broad SMARTS) is 1. The van der Waals surface area contributed by atoms with Crippen molar-refractivity contribution in [3.8, 4) is 5.75 Å². The lowest BCUT2D eigenvalue weighted by Crippen LogP contribution is -2.75. The minimum atomic E-state index is -1.50. The van der Waals surface area contributed by atoms with Crippen LogP contribution in [-0.4, -0.2) is 61.5 Å². The summed E-state index contributed by atoms with van der Waals surface area (Å²) >= 11 is 7.32. The molecule has 2 heterocycles. The van der Waals surface area contributed by atoms with Gasteiger partial charge in [-0.1, -0.05) is 0 Å². The van der Waals surface area contributed by atoms with E-state index in [0.29, 0.717) is 5.69 Å². The highest BCUT2D eigenvalue weighted by Crippen LogP contribution is 2.43. The molecule has 24 heavy (non-hydrogen) atoms. The van der Waals surface area contributed by atoms with Crippen LogP contribution in [0.5, 0.6) is 5.75 Å². The maximum absolute atomic E-state index is 12.5. The molecule has 0 spiro atoms. The van der Waals surface area contributed by atoms with Crippen LogP contribution in [0.25, 0.3) is 0 Å². The molecule has 0 bridgehead atoms. The molecule has 1 aromatic carbocycles. The van der Waals surface area contributed by atoms with Gasteiger partial charge in [-0.3, -0.25) is 19.3 Å². The van der Waals surface area contributed by atoms with Gasteiger partial charge in [-0.05, 0) is 24.3 Å². The van der Waals surface area contributed by atoms with Crippen molar-refractivity contribution in [1.82, 2.24) is 4.90 Å². The molecule has 2 saturated heterocycles. The molecule has 3 rings (SSSR count). The number of aliphatic carboxylic acids is 1. The molecular formula is C15H15ClN2O5S. The van der Waals surface area contributed by atoms with Gasteiger partial charge in [0.25, 0.3) is 0 Å². The summed E-state index contributed by atoms with van der Waals surface area (Å²) < 4.78 is 0. The number of carbonyl (C=O) groups excluding carboxylic acids is 2. The lowest BCUT2D eigenvalue weighted by molar-refractivity contribution is -0.150. The molecule has 2 N–H and O–H groups in total. The Morgan fingerprint density at radius 2 is 2.00 bits per heavy atom. The van der Waals surface area contributed by atoms with Crippen molar-refractivity contribution >= 4 is 46.8 Å². The molecule has 2 amide bonds. The molecule has 2 fully saturated rings. The van der Waals surface area contributed by atoms with Crippen LogP contribution in [0.15, 0.2) is 24.3 Å². The van der Waals surface area contributed by atoms with Gasteiger partial charge in [0.2, 0.25) is 11.8 Å². The third-order valence-corrected chi connectivity index (χ3v) is 6.23. The SMILES string of the molecule is CC(=O)N(c1ccc(O)cc1)C1C(=O)N2CC(Cl)(C(=O)O)CS[C@H]12.